The van der Waals surface area contributed by atoms with Gasteiger partial charge < -0.3 is 5.32 Å². The molecule has 6 heteroatoms. The highest BCUT2D eigenvalue weighted by atomic mass is 19.2. The Balaban J connectivity index is 2.34. The Morgan fingerprint density at radius 3 is 2.00 bits per heavy atom. The van der Waals surface area contributed by atoms with Crippen LogP contribution in [0, 0.1) is 17.5 Å². The van der Waals surface area contributed by atoms with Gasteiger partial charge >= 0.3 is 0 Å². The summed E-state index contributed by atoms with van der Waals surface area (Å²) in [5, 5.41) is 2.72. The summed E-state index contributed by atoms with van der Waals surface area (Å²) in [6.45, 7) is 13.9. The maximum Gasteiger partial charge on any atom is 0.266 e. The number of amides is 1. The van der Waals surface area contributed by atoms with E-state index in [2.05, 4.69) is 11.9 Å². The summed E-state index contributed by atoms with van der Waals surface area (Å²) in [5.74, 6) is -5.10. The number of rotatable bonds is 5. The van der Waals surface area contributed by atoms with Gasteiger partial charge in [-0.25, -0.2) is 13.2 Å². The fraction of sp³-hybridized carbons (Fsp3) is 0.348. The highest BCUT2D eigenvalue weighted by Crippen LogP contribution is 2.47. The molecule has 0 aliphatic carbocycles. The number of carbonyl (C=O) groups is 1. The SMILES string of the molecule is C=C1c2c(NCC)c(F)c(F)c(F)c2C(=O)N1c1c(C(C)C)cccc1C(C)C. The number of halogens is 3. The standard InChI is InChI=1S/C23H25F3N2O/c1-7-27-21-16-13(6)28(23(29)17(16)18(24)19(25)20(21)26)22-14(11(2)3)9-8-10-15(22)12(4)5/h8-12,27H,6-7H2,1-5H3. The Labute approximate surface area is 169 Å². The van der Waals surface area contributed by atoms with Gasteiger partial charge in [0.1, 0.15) is 0 Å². The molecule has 0 atom stereocenters. The number of hydrogen-bond donors (Lipinski definition) is 1. The quantitative estimate of drug-likeness (QED) is 0.586. The molecule has 0 radical (unpaired) electrons. The van der Waals surface area contributed by atoms with Crippen molar-refractivity contribution in [3.05, 3.63) is 64.5 Å². The topological polar surface area (TPSA) is 32.3 Å². The van der Waals surface area contributed by atoms with E-state index in [9.17, 15) is 18.0 Å². The molecule has 1 N–H and O–H groups in total. The zero-order valence-corrected chi connectivity index (χ0v) is 17.3. The molecule has 29 heavy (non-hydrogen) atoms. The van der Waals surface area contributed by atoms with Crippen molar-refractivity contribution >= 4 is 23.0 Å². The number of para-hydroxylation sites is 1. The summed E-state index contributed by atoms with van der Waals surface area (Å²) >= 11 is 0. The van der Waals surface area contributed by atoms with Crippen molar-refractivity contribution in [2.75, 3.05) is 16.8 Å². The van der Waals surface area contributed by atoms with Crippen LogP contribution in [0.5, 0.6) is 0 Å². The van der Waals surface area contributed by atoms with Gasteiger partial charge in [0, 0.05) is 12.1 Å². The van der Waals surface area contributed by atoms with Crippen molar-refractivity contribution in [1.82, 2.24) is 0 Å². The number of hydrogen-bond acceptors (Lipinski definition) is 2. The molecular weight excluding hydrogens is 377 g/mol. The molecule has 2 aromatic rings. The van der Waals surface area contributed by atoms with Crippen LogP contribution < -0.4 is 10.2 Å². The van der Waals surface area contributed by atoms with Crippen LogP contribution in [0.25, 0.3) is 5.70 Å². The van der Waals surface area contributed by atoms with Gasteiger partial charge in [-0.3, -0.25) is 9.69 Å². The van der Waals surface area contributed by atoms with Gasteiger partial charge in [-0.15, -0.1) is 0 Å². The van der Waals surface area contributed by atoms with E-state index < -0.39 is 28.9 Å². The van der Waals surface area contributed by atoms with Crippen LogP contribution in [-0.4, -0.2) is 12.5 Å². The van der Waals surface area contributed by atoms with Gasteiger partial charge in [-0.2, -0.15) is 0 Å². The number of benzene rings is 2. The number of nitrogens with zero attached hydrogens (tertiary/aromatic N) is 1. The molecule has 0 bridgehead atoms. The van der Waals surface area contributed by atoms with E-state index in [1.54, 1.807) is 6.92 Å². The Bertz CT molecular complexity index is 986. The van der Waals surface area contributed by atoms with Gasteiger partial charge in [0.15, 0.2) is 17.5 Å². The summed E-state index contributed by atoms with van der Waals surface area (Å²) in [7, 11) is 0. The van der Waals surface area contributed by atoms with Crippen LogP contribution in [0.4, 0.5) is 24.5 Å². The van der Waals surface area contributed by atoms with E-state index in [1.165, 1.54) is 4.90 Å². The first-order chi connectivity index (χ1) is 13.6. The van der Waals surface area contributed by atoms with Crippen molar-refractivity contribution in [3.63, 3.8) is 0 Å². The van der Waals surface area contributed by atoms with E-state index in [1.807, 2.05) is 45.9 Å². The van der Waals surface area contributed by atoms with Crippen molar-refractivity contribution in [3.8, 4) is 0 Å². The lowest BCUT2D eigenvalue weighted by atomic mass is 9.91. The minimum Gasteiger partial charge on any atom is -0.382 e. The fourth-order valence-corrected chi connectivity index (χ4v) is 3.85. The first kappa shape index (κ1) is 21.0. The Morgan fingerprint density at radius 1 is 0.966 bits per heavy atom. The molecule has 154 valence electrons. The predicted molar refractivity (Wildman–Crippen MR) is 111 cm³/mol. The van der Waals surface area contributed by atoms with E-state index >= 15 is 0 Å². The molecule has 2 aromatic carbocycles. The normalized spacial score (nSPS) is 13.7. The molecule has 0 saturated heterocycles. The average molecular weight is 402 g/mol. The average Bonchev–Trinajstić information content (AvgIpc) is 2.93. The molecule has 1 aliphatic heterocycles. The molecule has 1 heterocycles. The summed E-state index contributed by atoms with van der Waals surface area (Å²) < 4.78 is 43.4. The third kappa shape index (κ3) is 3.11. The lowest BCUT2D eigenvalue weighted by Gasteiger charge is -2.27. The Kier molecular flexibility index (Phi) is 5.48. The summed E-state index contributed by atoms with van der Waals surface area (Å²) in [6, 6.07) is 5.71. The highest BCUT2D eigenvalue weighted by molar-refractivity contribution is 6.24. The van der Waals surface area contributed by atoms with Gasteiger partial charge in [-0.05, 0) is 29.9 Å². The molecule has 0 unspecified atom stereocenters. The van der Waals surface area contributed by atoms with Crippen LogP contribution in [0.3, 0.4) is 0 Å². The first-order valence-electron chi connectivity index (χ1n) is 9.74. The van der Waals surface area contributed by atoms with Crippen LogP contribution >= 0.6 is 0 Å². The predicted octanol–water partition coefficient (Wildman–Crippen LogP) is 6.41. The lowest BCUT2D eigenvalue weighted by molar-refractivity contribution is 0.100. The molecule has 0 saturated carbocycles. The van der Waals surface area contributed by atoms with Gasteiger partial charge in [0.25, 0.3) is 5.91 Å². The van der Waals surface area contributed by atoms with Crippen LogP contribution in [0.2, 0.25) is 0 Å². The zero-order chi connectivity index (χ0) is 21.6. The molecule has 0 fully saturated rings. The first-order valence-corrected chi connectivity index (χ1v) is 9.74. The monoisotopic (exact) mass is 402 g/mol. The van der Waals surface area contributed by atoms with Crippen LogP contribution in [-0.2, 0) is 0 Å². The van der Waals surface area contributed by atoms with Gasteiger partial charge in [-0.1, -0.05) is 52.5 Å². The van der Waals surface area contributed by atoms with E-state index in [0.717, 1.165) is 11.1 Å². The molecule has 1 aliphatic rings. The second kappa shape index (κ2) is 7.58. The summed E-state index contributed by atoms with van der Waals surface area (Å²) in [5.41, 5.74) is 1.74. The third-order valence-electron chi connectivity index (χ3n) is 5.22. The smallest absolute Gasteiger partial charge is 0.266 e. The van der Waals surface area contributed by atoms with Gasteiger partial charge in [0.05, 0.1) is 22.6 Å². The zero-order valence-electron chi connectivity index (χ0n) is 17.3. The fourth-order valence-electron chi connectivity index (χ4n) is 3.85. The molecule has 3 nitrogen and oxygen atoms in total. The number of anilines is 2. The third-order valence-corrected chi connectivity index (χ3v) is 5.22. The maximum atomic E-state index is 14.7. The van der Waals surface area contributed by atoms with Crippen molar-refractivity contribution in [2.24, 2.45) is 0 Å². The van der Waals surface area contributed by atoms with Gasteiger partial charge in [0.2, 0.25) is 0 Å². The minimum absolute atomic E-state index is 0.0264. The summed E-state index contributed by atoms with van der Waals surface area (Å²) in [6.07, 6.45) is 0. The van der Waals surface area contributed by atoms with Crippen LogP contribution in [0.1, 0.15) is 73.5 Å². The Morgan fingerprint density at radius 2 is 1.52 bits per heavy atom. The molecule has 1 amide bonds. The number of nitrogens with one attached hydrogen (secondary N) is 1. The van der Waals surface area contributed by atoms with E-state index in [4.69, 9.17) is 0 Å². The Hall–Kier alpha value is -2.76. The minimum atomic E-state index is -1.66. The van der Waals surface area contributed by atoms with Crippen molar-refractivity contribution in [2.45, 2.75) is 46.5 Å². The van der Waals surface area contributed by atoms with Crippen LogP contribution in [0.15, 0.2) is 24.8 Å². The van der Waals surface area contributed by atoms with E-state index in [0.29, 0.717) is 5.69 Å². The largest absolute Gasteiger partial charge is 0.382 e. The summed E-state index contributed by atoms with van der Waals surface area (Å²) in [4.78, 5) is 14.6. The van der Waals surface area contributed by atoms with E-state index in [-0.39, 0.29) is 35.3 Å². The second-order valence-electron chi connectivity index (χ2n) is 7.78. The molecule has 0 aromatic heterocycles. The molecule has 0 spiro atoms. The van der Waals surface area contributed by atoms with Crippen molar-refractivity contribution < 1.29 is 18.0 Å². The number of carbonyl (C=O) groups excluding carboxylic acids is 1. The molecular formula is C23H25F3N2O. The highest BCUT2D eigenvalue weighted by Gasteiger charge is 2.42. The molecule has 3 rings (SSSR count). The maximum absolute atomic E-state index is 14.7. The lowest BCUT2D eigenvalue weighted by Crippen LogP contribution is -2.25. The van der Waals surface area contributed by atoms with Crippen molar-refractivity contribution in [1.29, 1.82) is 0 Å². The second-order valence-corrected chi connectivity index (χ2v) is 7.78. The number of fused-ring (bicyclic) bond motifs is 1.